The van der Waals surface area contributed by atoms with Crippen LogP contribution in [0.3, 0.4) is 0 Å². The Balaban J connectivity index is 0.00000243. The normalized spacial score (nSPS) is 29.2. The molecule has 0 saturated carbocycles. The molecule has 7 nitrogen and oxygen atoms in total. The SMILES string of the molecule is C[C@@]1(CCl)S[C@@H]2[C@H](NC(=O)COc3ccccc3)C(=O)N2[C@H]1C(=O)[O-].[K+]. The van der Waals surface area contributed by atoms with E-state index in [0.29, 0.717) is 5.75 Å². The van der Waals surface area contributed by atoms with Gasteiger partial charge in [0, 0.05) is 5.88 Å². The number of hydrogen-bond donors (Lipinski definition) is 1. The molecule has 26 heavy (non-hydrogen) atoms. The molecule has 134 valence electrons. The zero-order chi connectivity index (χ0) is 18.2. The number of halogens is 1. The van der Waals surface area contributed by atoms with Crippen LogP contribution < -0.4 is 66.5 Å². The number of rotatable bonds is 6. The number of carboxylic acid groups (broad SMARTS) is 1. The van der Waals surface area contributed by atoms with Gasteiger partial charge in [-0.1, -0.05) is 18.2 Å². The molecule has 2 aliphatic heterocycles. The Labute approximate surface area is 202 Å². The van der Waals surface area contributed by atoms with Crippen molar-refractivity contribution < 1.29 is 75.6 Å². The van der Waals surface area contributed by atoms with Gasteiger partial charge in [-0.05, 0) is 19.1 Å². The fraction of sp³-hybridized carbons (Fsp3) is 0.438. The van der Waals surface area contributed by atoms with E-state index < -0.39 is 40.0 Å². The van der Waals surface area contributed by atoms with Gasteiger partial charge in [-0.3, -0.25) is 9.59 Å². The summed E-state index contributed by atoms with van der Waals surface area (Å²) in [6.07, 6.45) is 0. The molecular weight excluding hydrogens is 407 g/mol. The summed E-state index contributed by atoms with van der Waals surface area (Å²) in [6, 6.07) is 6.92. The minimum Gasteiger partial charge on any atom is -0.548 e. The van der Waals surface area contributed by atoms with E-state index in [0.717, 1.165) is 0 Å². The van der Waals surface area contributed by atoms with Crippen molar-refractivity contribution in [3.63, 3.8) is 0 Å². The number of nitrogens with one attached hydrogen (secondary N) is 1. The van der Waals surface area contributed by atoms with E-state index >= 15 is 0 Å². The monoisotopic (exact) mass is 422 g/mol. The van der Waals surface area contributed by atoms with Gasteiger partial charge < -0.3 is 24.9 Å². The van der Waals surface area contributed by atoms with Crippen LogP contribution >= 0.6 is 23.4 Å². The Morgan fingerprint density at radius 1 is 1.38 bits per heavy atom. The maximum absolute atomic E-state index is 12.3. The molecule has 0 bridgehead atoms. The van der Waals surface area contributed by atoms with E-state index in [9.17, 15) is 19.5 Å². The van der Waals surface area contributed by atoms with Crippen molar-refractivity contribution in [2.75, 3.05) is 12.5 Å². The van der Waals surface area contributed by atoms with E-state index in [2.05, 4.69) is 5.32 Å². The number of hydrogen-bond acceptors (Lipinski definition) is 6. The van der Waals surface area contributed by atoms with Crippen LogP contribution in [0, 0.1) is 0 Å². The molecule has 2 heterocycles. The summed E-state index contributed by atoms with van der Waals surface area (Å²) in [5.74, 6) is -1.65. The zero-order valence-corrected chi connectivity index (χ0v) is 19.0. The van der Waals surface area contributed by atoms with Gasteiger partial charge in [-0.25, -0.2) is 0 Å². The Kier molecular flexibility index (Phi) is 7.45. The summed E-state index contributed by atoms with van der Waals surface area (Å²) >= 11 is 7.17. The van der Waals surface area contributed by atoms with Crippen LogP contribution in [0.4, 0.5) is 0 Å². The summed E-state index contributed by atoms with van der Waals surface area (Å²) in [7, 11) is 0. The second-order valence-electron chi connectivity index (χ2n) is 6.07. The molecule has 2 saturated heterocycles. The summed E-state index contributed by atoms with van der Waals surface area (Å²) in [5.41, 5.74) is 0. The predicted molar refractivity (Wildman–Crippen MR) is 90.0 cm³/mol. The van der Waals surface area contributed by atoms with E-state index in [-0.39, 0.29) is 63.9 Å². The van der Waals surface area contributed by atoms with Crippen molar-refractivity contribution in [2.45, 2.75) is 29.1 Å². The quantitative estimate of drug-likeness (QED) is 0.291. The molecule has 0 spiro atoms. The molecule has 3 rings (SSSR count). The summed E-state index contributed by atoms with van der Waals surface area (Å²) in [5, 5.41) is 13.5. The number of aliphatic carboxylic acids is 1. The minimum absolute atomic E-state index is 0. The van der Waals surface area contributed by atoms with Crippen LogP contribution in [0.15, 0.2) is 30.3 Å². The van der Waals surface area contributed by atoms with Crippen molar-refractivity contribution >= 4 is 41.1 Å². The molecule has 2 fully saturated rings. The van der Waals surface area contributed by atoms with Crippen LogP contribution in [0.5, 0.6) is 5.75 Å². The number of carbonyl (C=O) groups is 3. The maximum Gasteiger partial charge on any atom is 1.00 e. The van der Waals surface area contributed by atoms with Crippen LogP contribution in [0.1, 0.15) is 6.92 Å². The predicted octanol–water partition coefficient (Wildman–Crippen LogP) is -3.41. The first-order chi connectivity index (χ1) is 11.9. The van der Waals surface area contributed by atoms with Crippen molar-refractivity contribution in [3.05, 3.63) is 30.3 Å². The van der Waals surface area contributed by atoms with Crippen LogP contribution in [-0.2, 0) is 14.4 Å². The Morgan fingerprint density at radius 3 is 2.62 bits per heavy atom. The minimum atomic E-state index is -1.34. The van der Waals surface area contributed by atoms with E-state index in [1.54, 1.807) is 31.2 Å². The summed E-state index contributed by atoms with van der Waals surface area (Å²) in [4.78, 5) is 37.0. The fourth-order valence-electron chi connectivity index (χ4n) is 3.00. The smallest absolute Gasteiger partial charge is 0.548 e. The maximum atomic E-state index is 12.3. The largest absolute Gasteiger partial charge is 1.00 e. The van der Waals surface area contributed by atoms with Gasteiger partial charge in [-0.2, -0.15) is 0 Å². The number of carbonyl (C=O) groups excluding carboxylic acids is 3. The molecule has 10 heteroatoms. The number of thioether (sulfide) groups is 1. The third-order valence-electron chi connectivity index (χ3n) is 4.24. The first kappa shape index (κ1) is 22.0. The number of amides is 2. The van der Waals surface area contributed by atoms with Gasteiger partial charge in [0.05, 0.1) is 16.8 Å². The van der Waals surface area contributed by atoms with Gasteiger partial charge in [0.15, 0.2) is 6.61 Å². The number of β-lactam (4-membered cyclic amide) rings is 1. The van der Waals surface area contributed by atoms with Gasteiger partial charge in [0.1, 0.15) is 17.2 Å². The number of carboxylic acids is 1. The van der Waals surface area contributed by atoms with Gasteiger partial charge in [0.2, 0.25) is 5.91 Å². The number of alkyl halides is 1. The molecule has 0 unspecified atom stereocenters. The van der Waals surface area contributed by atoms with Gasteiger partial charge in [0.25, 0.3) is 5.91 Å². The molecule has 1 aromatic rings. The number of ether oxygens (including phenoxy) is 1. The molecule has 2 amide bonds. The molecular formula is C16H16ClKN2O5S. The third-order valence-corrected chi connectivity index (χ3v) is 6.61. The first-order valence-corrected chi connectivity index (χ1v) is 9.03. The summed E-state index contributed by atoms with van der Waals surface area (Å²) < 4.78 is 4.48. The Bertz CT molecular complexity index is 709. The van der Waals surface area contributed by atoms with Crippen molar-refractivity contribution in [1.29, 1.82) is 0 Å². The zero-order valence-electron chi connectivity index (χ0n) is 14.3. The van der Waals surface area contributed by atoms with Crippen LogP contribution in [0.2, 0.25) is 0 Å². The average molecular weight is 423 g/mol. The van der Waals surface area contributed by atoms with Crippen molar-refractivity contribution in [3.8, 4) is 5.75 Å². The van der Waals surface area contributed by atoms with Crippen molar-refractivity contribution in [2.24, 2.45) is 0 Å². The average Bonchev–Trinajstić information content (AvgIpc) is 2.89. The standard InChI is InChI=1S/C16H17ClN2O5S.K/c1-16(8-17)12(15(22)23)19-13(21)11(14(19)25-16)18-10(20)7-24-9-5-3-2-4-6-9;/h2-6,11-12,14H,7-8H2,1H3,(H,18,20)(H,22,23);/q;+1/p-1/t11-,12+,14-,16+;/m1./s1. The molecule has 4 atom stereocenters. The van der Waals surface area contributed by atoms with E-state index in [1.807, 2.05) is 6.07 Å². The number of nitrogens with zero attached hydrogens (tertiary/aromatic N) is 1. The van der Waals surface area contributed by atoms with Gasteiger partial charge in [-0.15, -0.1) is 23.4 Å². The van der Waals surface area contributed by atoms with Crippen molar-refractivity contribution in [1.82, 2.24) is 10.2 Å². The molecule has 1 aromatic carbocycles. The number of benzene rings is 1. The second kappa shape index (κ2) is 8.81. The van der Waals surface area contributed by atoms with E-state index in [4.69, 9.17) is 16.3 Å². The second-order valence-corrected chi connectivity index (χ2v) is 7.99. The van der Waals surface area contributed by atoms with Gasteiger partial charge >= 0.3 is 51.4 Å². The first-order valence-electron chi connectivity index (χ1n) is 7.61. The Hall–Kier alpha value is -0.294. The Morgan fingerprint density at radius 2 is 2.04 bits per heavy atom. The molecule has 2 aliphatic rings. The van der Waals surface area contributed by atoms with Crippen LogP contribution in [0.25, 0.3) is 0 Å². The number of para-hydroxylation sites is 1. The number of fused-ring (bicyclic) bond motifs is 1. The molecule has 0 aromatic heterocycles. The summed E-state index contributed by atoms with van der Waals surface area (Å²) in [6.45, 7) is 1.44. The molecule has 0 radical (unpaired) electrons. The molecule has 1 N–H and O–H groups in total. The molecule has 0 aliphatic carbocycles. The third kappa shape index (κ3) is 4.08. The topological polar surface area (TPSA) is 98.8 Å². The fourth-order valence-corrected chi connectivity index (χ4v) is 4.95. The van der Waals surface area contributed by atoms with E-state index in [1.165, 1.54) is 16.7 Å². The van der Waals surface area contributed by atoms with Crippen LogP contribution in [-0.4, -0.2) is 57.4 Å².